The minimum atomic E-state index is -0.339. The van der Waals surface area contributed by atoms with Crippen molar-refractivity contribution in [2.75, 3.05) is 26.2 Å². The van der Waals surface area contributed by atoms with E-state index in [-0.39, 0.29) is 37.3 Å². The highest BCUT2D eigenvalue weighted by Gasteiger charge is 2.03. The molecule has 0 radical (unpaired) electrons. The van der Waals surface area contributed by atoms with Gasteiger partial charge in [-0.1, -0.05) is 25.5 Å². The van der Waals surface area contributed by atoms with Crippen LogP contribution in [0.1, 0.15) is 25.3 Å². The van der Waals surface area contributed by atoms with Gasteiger partial charge in [-0.3, -0.25) is 9.59 Å². The number of halogens is 1. The Labute approximate surface area is 143 Å². The molecule has 1 aromatic carbocycles. The summed E-state index contributed by atoms with van der Waals surface area (Å²) in [4.78, 5) is 22.4. The lowest BCUT2D eigenvalue weighted by molar-refractivity contribution is -0.125. The number of ether oxygens (including phenoxy) is 1. The molecule has 0 bridgehead atoms. The van der Waals surface area contributed by atoms with E-state index >= 15 is 0 Å². The predicted molar refractivity (Wildman–Crippen MR) is 92.9 cm³/mol. The van der Waals surface area contributed by atoms with Crippen molar-refractivity contribution in [3.05, 3.63) is 29.8 Å². The summed E-state index contributed by atoms with van der Waals surface area (Å²) in [7, 11) is 0. The molecule has 0 aromatic heterocycles. The minimum Gasteiger partial charge on any atom is -0.494 e. The summed E-state index contributed by atoms with van der Waals surface area (Å²) in [6.07, 6.45) is 2.89. The standard InChI is InChI=1S/C16H25N3O3.ClH/c1-2-3-10-22-14-6-4-13(5-7-14)8-9-18-16(21)12-19-15(20)11-17;/h4-7H,2-3,8-12,17H2,1H3,(H,18,21)(H,19,20);1H. The van der Waals surface area contributed by atoms with E-state index in [1.807, 2.05) is 24.3 Å². The molecule has 0 aliphatic heterocycles. The monoisotopic (exact) mass is 343 g/mol. The molecule has 130 valence electrons. The molecule has 1 rings (SSSR count). The van der Waals surface area contributed by atoms with Crippen molar-refractivity contribution < 1.29 is 14.3 Å². The lowest BCUT2D eigenvalue weighted by Gasteiger charge is -2.08. The van der Waals surface area contributed by atoms with Gasteiger partial charge in [0.2, 0.25) is 11.8 Å². The molecule has 4 N–H and O–H groups in total. The quantitative estimate of drug-likeness (QED) is 0.553. The van der Waals surface area contributed by atoms with Gasteiger partial charge in [0.1, 0.15) is 5.75 Å². The van der Waals surface area contributed by atoms with Crippen LogP contribution in [0.5, 0.6) is 5.75 Å². The summed E-state index contributed by atoms with van der Waals surface area (Å²) in [5.41, 5.74) is 6.25. The molecule has 0 saturated carbocycles. The summed E-state index contributed by atoms with van der Waals surface area (Å²) < 4.78 is 5.59. The van der Waals surface area contributed by atoms with Crippen molar-refractivity contribution in [1.82, 2.24) is 10.6 Å². The second-order valence-electron chi connectivity index (χ2n) is 4.93. The fourth-order valence-electron chi connectivity index (χ4n) is 1.75. The maximum absolute atomic E-state index is 11.5. The third kappa shape index (κ3) is 9.76. The smallest absolute Gasteiger partial charge is 0.239 e. The molecule has 0 aliphatic rings. The molecule has 0 aliphatic carbocycles. The van der Waals surface area contributed by atoms with Crippen molar-refractivity contribution in [3.63, 3.8) is 0 Å². The third-order valence-electron chi connectivity index (χ3n) is 3.06. The van der Waals surface area contributed by atoms with Gasteiger partial charge in [0.25, 0.3) is 0 Å². The van der Waals surface area contributed by atoms with E-state index in [1.54, 1.807) is 0 Å². The first-order valence-electron chi connectivity index (χ1n) is 7.61. The number of rotatable bonds is 10. The predicted octanol–water partition coefficient (Wildman–Crippen LogP) is 1.02. The Hall–Kier alpha value is -1.79. The Morgan fingerprint density at radius 3 is 2.43 bits per heavy atom. The van der Waals surface area contributed by atoms with Crippen LogP contribution in [-0.2, 0) is 16.0 Å². The van der Waals surface area contributed by atoms with Crippen LogP contribution >= 0.6 is 12.4 Å². The molecule has 1 aromatic rings. The first-order valence-corrected chi connectivity index (χ1v) is 7.61. The van der Waals surface area contributed by atoms with Crippen LogP contribution in [0.15, 0.2) is 24.3 Å². The summed E-state index contributed by atoms with van der Waals surface area (Å²) in [6.45, 7) is 3.23. The maximum Gasteiger partial charge on any atom is 0.239 e. The first kappa shape index (κ1) is 21.2. The summed E-state index contributed by atoms with van der Waals surface area (Å²) >= 11 is 0. The summed E-state index contributed by atoms with van der Waals surface area (Å²) in [6, 6.07) is 7.86. The molecule has 2 amide bonds. The molecular weight excluding hydrogens is 318 g/mol. The van der Waals surface area contributed by atoms with Crippen molar-refractivity contribution in [3.8, 4) is 5.75 Å². The number of unbranched alkanes of at least 4 members (excludes halogenated alkanes) is 1. The average Bonchev–Trinajstić information content (AvgIpc) is 2.54. The second kappa shape index (κ2) is 12.7. The number of carbonyl (C=O) groups is 2. The van der Waals surface area contributed by atoms with E-state index < -0.39 is 0 Å². The van der Waals surface area contributed by atoms with Gasteiger partial charge >= 0.3 is 0 Å². The number of nitrogens with two attached hydrogens (primary N) is 1. The van der Waals surface area contributed by atoms with Gasteiger partial charge in [-0.2, -0.15) is 0 Å². The summed E-state index contributed by atoms with van der Waals surface area (Å²) in [5, 5.41) is 5.16. The molecule has 23 heavy (non-hydrogen) atoms. The maximum atomic E-state index is 11.5. The first-order chi connectivity index (χ1) is 10.7. The second-order valence-corrected chi connectivity index (χ2v) is 4.93. The SMILES string of the molecule is CCCCOc1ccc(CCNC(=O)CNC(=O)CN)cc1.Cl. The van der Waals surface area contributed by atoms with Gasteiger partial charge in [-0.15, -0.1) is 12.4 Å². The zero-order valence-electron chi connectivity index (χ0n) is 13.5. The Kier molecular flexibility index (Phi) is 11.7. The number of nitrogens with one attached hydrogen (secondary N) is 2. The number of benzene rings is 1. The molecular formula is C16H26ClN3O3. The Bertz CT molecular complexity index is 466. The van der Waals surface area contributed by atoms with Gasteiger partial charge in [-0.25, -0.2) is 0 Å². The fourth-order valence-corrected chi connectivity index (χ4v) is 1.75. The van der Waals surface area contributed by atoms with Gasteiger partial charge in [-0.05, 0) is 30.5 Å². The normalized spacial score (nSPS) is 9.65. The number of hydrogen-bond acceptors (Lipinski definition) is 4. The zero-order valence-corrected chi connectivity index (χ0v) is 14.3. The molecule has 0 unspecified atom stereocenters. The van der Waals surface area contributed by atoms with Crippen LogP contribution < -0.4 is 21.1 Å². The van der Waals surface area contributed by atoms with Crippen LogP contribution in [-0.4, -0.2) is 38.1 Å². The highest BCUT2D eigenvalue weighted by atomic mass is 35.5. The van der Waals surface area contributed by atoms with Crippen molar-refractivity contribution >= 4 is 24.2 Å². The van der Waals surface area contributed by atoms with Gasteiger partial charge in [0.05, 0.1) is 19.7 Å². The molecule has 0 heterocycles. The Morgan fingerprint density at radius 1 is 1.13 bits per heavy atom. The van der Waals surface area contributed by atoms with E-state index in [4.69, 9.17) is 10.5 Å². The highest BCUT2D eigenvalue weighted by Crippen LogP contribution is 2.12. The van der Waals surface area contributed by atoms with Gasteiger partial charge in [0, 0.05) is 6.54 Å². The van der Waals surface area contributed by atoms with E-state index in [0.717, 1.165) is 37.2 Å². The molecule has 0 spiro atoms. The molecule has 0 fully saturated rings. The molecule has 0 atom stereocenters. The van der Waals surface area contributed by atoms with E-state index in [0.29, 0.717) is 6.54 Å². The number of carbonyl (C=O) groups excluding carboxylic acids is 2. The zero-order chi connectivity index (χ0) is 16.2. The third-order valence-corrected chi connectivity index (χ3v) is 3.06. The van der Waals surface area contributed by atoms with Crippen LogP contribution in [0.4, 0.5) is 0 Å². The summed E-state index contributed by atoms with van der Waals surface area (Å²) in [5.74, 6) is 0.306. The highest BCUT2D eigenvalue weighted by molar-refractivity contribution is 5.85. The average molecular weight is 344 g/mol. The molecule has 7 heteroatoms. The van der Waals surface area contributed by atoms with Crippen molar-refractivity contribution in [1.29, 1.82) is 0 Å². The lowest BCUT2D eigenvalue weighted by atomic mass is 10.1. The van der Waals surface area contributed by atoms with Crippen molar-refractivity contribution in [2.45, 2.75) is 26.2 Å². The molecule has 6 nitrogen and oxygen atoms in total. The lowest BCUT2D eigenvalue weighted by Crippen LogP contribution is -2.40. The van der Waals surface area contributed by atoms with Crippen LogP contribution in [0.25, 0.3) is 0 Å². The van der Waals surface area contributed by atoms with Crippen LogP contribution in [0.2, 0.25) is 0 Å². The van der Waals surface area contributed by atoms with E-state index in [9.17, 15) is 9.59 Å². The van der Waals surface area contributed by atoms with Gasteiger partial charge < -0.3 is 21.1 Å². The van der Waals surface area contributed by atoms with Gasteiger partial charge in [0.15, 0.2) is 0 Å². The topological polar surface area (TPSA) is 93.5 Å². The van der Waals surface area contributed by atoms with Crippen molar-refractivity contribution in [2.24, 2.45) is 5.73 Å². The van der Waals surface area contributed by atoms with E-state index in [1.165, 1.54) is 0 Å². The number of hydrogen-bond donors (Lipinski definition) is 3. The number of amides is 2. The fraction of sp³-hybridized carbons (Fsp3) is 0.500. The minimum absolute atomic E-state index is 0. The van der Waals surface area contributed by atoms with E-state index in [2.05, 4.69) is 17.6 Å². The van der Waals surface area contributed by atoms with Crippen LogP contribution in [0.3, 0.4) is 0 Å². The van der Waals surface area contributed by atoms with Crippen LogP contribution in [0, 0.1) is 0 Å². The Morgan fingerprint density at radius 2 is 1.83 bits per heavy atom. The molecule has 0 saturated heterocycles. The largest absolute Gasteiger partial charge is 0.494 e. The Balaban J connectivity index is 0.00000484.